The van der Waals surface area contributed by atoms with Gasteiger partial charge >= 0.3 is 12.1 Å². The first kappa shape index (κ1) is 18.7. The van der Waals surface area contributed by atoms with Crippen molar-refractivity contribution in [3.8, 4) is 0 Å². The largest absolute Gasteiger partial charge is 0.461 e. The molecule has 0 spiro atoms. The van der Waals surface area contributed by atoms with E-state index in [1.807, 2.05) is 0 Å². The number of amides is 1. The van der Waals surface area contributed by atoms with Gasteiger partial charge in [-0.3, -0.25) is 9.59 Å². The number of hydrogen-bond donors (Lipinski definition) is 1. The predicted molar refractivity (Wildman–Crippen MR) is 85.1 cm³/mol. The summed E-state index contributed by atoms with van der Waals surface area (Å²) >= 11 is 5.84. The lowest BCUT2D eigenvalue weighted by Gasteiger charge is -2.24. The van der Waals surface area contributed by atoms with Crippen LogP contribution in [-0.2, 0) is 19.1 Å². The highest BCUT2D eigenvalue weighted by Crippen LogP contribution is 2.26. The van der Waals surface area contributed by atoms with Crippen LogP contribution in [0.3, 0.4) is 0 Å². The zero-order chi connectivity index (χ0) is 17.4. The third-order valence-electron chi connectivity index (χ3n) is 3.06. The molecule has 2 atom stereocenters. The lowest BCUT2D eigenvalue weighted by atomic mass is 9.90. The SMILES string of the molecule is C=CCOC(=O)C(C(C)=O)C(NC(=O)OC)c1ccc(Cl)cc1. The second kappa shape index (κ2) is 8.95. The molecular formula is C16H18ClNO5. The van der Waals surface area contributed by atoms with Gasteiger partial charge in [0.2, 0.25) is 0 Å². The molecule has 0 bridgehead atoms. The van der Waals surface area contributed by atoms with Gasteiger partial charge in [-0.2, -0.15) is 0 Å². The van der Waals surface area contributed by atoms with Gasteiger partial charge in [-0.15, -0.1) is 0 Å². The number of carbonyl (C=O) groups excluding carboxylic acids is 3. The molecule has 1 aromatic rings. The smallest absolute Gasteiger partial charge is 0.407 e. The van der Waals surface area contributed by atoms with E-state index in [0.717, 1.165) is 0 Å². The fraction of sp³-hybridized carbons (Fsp3) is 0.312. The average Bonchev–Trinajstić information content (AvgIpc) is 2.52. The first-order chi connectivity index (χ1) is 10.9. The number of ketones is 1. The zero-order valence-corrected chi connectivity index (χ0v) is 13.6. The number of nitrogens with one attached hydrogen (secondary N) is 1. The van der Waals surface area contributed by atoms with E-state index < -0.39 is 29.8 Å². The summed E-state index contributed by atoms with van der Waals surface area (Å²) in [5.74, 6) is -2.42. The van der Waals surface area contributed by atoms with Crippen molar-refractivity contribution in [1.29, 1.82) is 0 Å². The summed E-state index contributed by atoms with van der Waals surface area (Å²) in [6.07, 6.45) is 0.618. The summed E-state index contributed by atoms with van der Waals surface area (Å²) in [5.41, 5.74) is 0.524. The van der Waals surface area contributed by atoms with E-state index in [0.29, 0.717) is 10.6 Å². The predicted octanol–water partition coefficient (Wildman–Crippen LogP) is 2.67. The summed E-state index contributed by atoms with van der Waals surface area (Å²) in [5, 5.41) is 2.97. The van der Waals surface area contributed by atoms with Crippen molar-refractivity contribution in [2.45, 2.75) is 13.0 Å². The van der Waals surface area contributed by atoms with Crippen molar-refractivity contribution in [3.05, 3.63) is 47.5 Å². The van der Waals surface area contributed by atoms with Crippen LogP contribution >= 0.6 is 11.6 Å². The molecule has 0 aromatic heterocycles. The number of halogens is 1. The van der Waals surface area contributed by atoms with Crippen molar-refractivity contribution in [2.75, 3.05) is 13.7 Å². The molecule has 0 saturated carbocycles. The van der Waals surface area contributed by atoms with Gasteiger partial charge in [0.15, 0.2) is 0 Å². The molecule has 0 aliphatic heterocycles. The van der Waals surface area contributed by atoms with Crippen LogP contribution in [-0.4, -0.2) is 31.6 Å². The lowest BCUT2D eigenvalue weighted by Crippen LogP contribution is -2.40. The van der Waals surface area contributed by atoms with Gasteiger partial charge in [0.05, 0.1) is 13.2 Å². The van der Waals surface area contributed by atoms with Crippen LogP contribution in [0.25, 0.3) is 0 Å². The van der Waals surface area contributed by atoms with Crippen LogP contribution in [0.4, 0.5) is 4.79 Å². The lowest BCUT2D eigenvalue weighted by molar-refractivity contribution is -0.151. The second-order valence-corrected chi connectivity index (χ2v) is 5.11. The highest BCUT2D eigenvalue weighted by molar-refractivity contribution is 6.30. The molecule has 0 aliphatic rings. The van der Waals surface area contributed by atoms with Crippen molar-refractivity contribution < 1.29 is 23.9 Å². The zero-order valence-electron chi connectivity index (χ0n) is 12.9. The molecule has 0 fully saturated rings. The Bertz CT molecular complexity index is 585. The fourth-order valence-corrected chi connectivity index (χ4v) is 2.11. The van der Waals surface area contributed by atoms with Crippen molar-refractivity contribution in [2.24, 2.45) is 5.92 Å². The van der Waals surface area contributed by atoms with Gasteiger partial charge in [-0.05, 0) is 24.6 Å². The van der Waals surface area contributed by atoms with E-state index in [1.165, 1.54) is 20.1 Å². The molecule has 1 aromatic carbocycles. The van der Waals surface area contributed by atoms with Crippen LogP contribution in [0.1, 0.15) is 18.5 Å². The Kier molecular flexibility index (Phi) is 7.28. The third-order valence-corrected chi connectivity index (χ3v) is 3.31. The number of alkyl carbamates (subject to hydrolysis) is 1. The maximum absolute atomic E-state index is 12.2. The van der Waals surface area contributed by atoms with Crippen LogP contribution < -0.4 is 5.32 Å². The number of esters is 1. The highest BCUT2D eigenvalue weighted by atomic mass is 35.5. The third kappa shape index (κ3) is 5.41. The standard InChI is InChI=1S/C16H18ClNO5/c1-4-9-23-15(20)13(10(2)19)14(18-16(21)22-3)11-5-7-12(17)8-6-11/h4-8,13-14H,1,9H2,2-3H3,(H,18,21). The van der Waals surface area contributed by atoms with Gasteiger partial charge < -0.3 is 14.8 Å². The molecule has 0 saturated heterocycles. The minimum Gasteiger partial charge on any atom is -0.461 e. The van der Waals surface area contributed by atoms with Gasteiger partial charge in [0.25, 0.3) is 0 Å². The van der Waals surface area contributed by atoms with E-state index in [-0.39, 0.29) is 6.61 Å². The topological polar surface area (TPSA) is 81.7 Å². The number of carbonyl (C=O) groups is 3. The van der Waals surface area contributed by atoms with Crippen molar-refractivity contribution >= 4 is 29.4 Å². The fourth-order valence-electron chi connectivity index (χ4n) is 1.98. The minimum atomic E-state index is -1.21. The summed E-state index contributed by atoms with van der Waals surface area (Å²) < 4.78 is 9.52. The van der Waals surface area contributed by atoms with Crippen LogP contribution in [0.5, 0.6) is 0 Å². The number of methoxy groups -OCH3 is 1. The Morgan fingerprint density at radius 2 is 1.91 bits per heavy atom. The molecule has 0 radical (unpaired) electrons. The molecule has 1 amide bonds. The number of rotatable bonds is 7. The normalized spacial score (nSPS) is 12.7. The molecule has 7 heteroatoms. The monoisotopic (exact) mass is 339 g/mol. The van der Waals surface area contributed by atoms with Crippen LogP contribution in [0.15, 0.2) is 36.9 Å². The van der Waals surface area contributed by atoms with Gasteiger partial charge in [0.1, 0.15) is 18.3 Å². The molecule has 0 aliphatic carbocycles. The van der Waals surface area contributed by atoms with Gasteiger partial charge in [-0.25, -0.2) is 4.79 Å². The Hall–Kier alpha value is -2.34. The number of benzene rings is 1. The Morgan fingerprint density at radius 3 is 2.39 bits per heavy atom. The number of hydrogen-bond acceptors (Lipinski definition) is 5. The minimum absolute atomic E-state index is 0.0336. The second-order valence-electron chi connectivity index (χ2n) is 4.67. The summed E-state index contributed by atoms with van der Waals surface area (Å²) in [6, 6.07) is 5.47. The van der Waals surface area contributed by atoms with Crippen molar-refractivity contribution in [3.63, 3.8) is 0 Å². The number of Topliss-reactive ketones (excluding diaryl/α,β-unsaturated/α-hetero) is 1. The van der Waals surface area contributed by atoms with Crippen LogP contribution in [0, 0.1) is 5.92 Å². The highest BCUT2D eigenvalue weighted by Gasteiger charge is 2.36. The van der Waals surface area contributed by atoms with E-state index >= 15 is 0 Å². The molecular weight excluding hydrogens is 322 g/mol. The Balaban J connectivity index is 3.19. The average molecular weight is 340 g/mol. The van der Waals surface area contributed by atoms with Gasteiger partial charge in [-0.1, -0.05) is 36.4 Å². The Morgan fingerprint density at radius 1 is 1.30 bits per heavy atom. The molecule has 2 unspecified atom stereocenters. The van der Waals surface area contributed by atoms with E-state index in [4.69, 9.17) is 16.3 Å². The quantitative estimate of drug-likeness (QED) is 0.469. The maximum Gasteiger partial charge on any atom is 0.407 e. The molecule has 124 valence electrons. The molecule has 23 heavy (non-hydrogen) atoms. The van der Waals surface area contributed by atoms with E-state index in [1.54, 1.807) is 24.3 Å². The first-order valence-electron chi connectivity index (χ1n) is 6.78. The molecule has 1 rings (SSSR count). The summed E-state index contributed by atoms with van der Waals surface area (Å²) in [4.78, 5) is 35.7. The Labute approximate surface area is 139 Å². The van der Waals surface area contributed by atoms with Crippen molar-refractivity contribution in [1.82, 2.24) is 5.32 Å². The summed E-state index contributed by atoms with van der Waals surface area (Å²) in [7, 11) is 1.19. The first-order valence-corrected chi connectivity index (χ1v) is 7.16. The molecule has 1 N–H and O–H groups in total. The van der Waals surface area contributed by atoms with Gasteiger partial charge in [0, 0.05) is 5.02 Å². The van der Waals surface area contributed by atoms with E-state index in [2.05, 4.69) is 16.6 Å². The van der Waals surface area contributed by atoms with Crippen LogP contribution in [0.2, 0.25) is 5.02 Å². The number of ether oxygens (including phenoxy) is 2. The molecule has 6 nitrogen and oxygen atoms in total. The molecule has 0 heterocycles. The van der Waals surface area contributed by atoms with E-state index in [9.17, 15) is 14.4 Å². The summed E-state index contributed by atoms with van der Waals surface area (Å²) in [6.45, 7) is 4.66. The maximum atomic E-state index is 12.2.